The third-order valence-corrected chi connectivity index (χ3v) is 8.87. The van der Waals surface area contributed by atoms with E-state index in [4.69, 9.17) is 4.74 Å². The molecule has 2 heterocycles. The molecule has 11 heteroatoms. The summed E-state index contributed by atoms with van der Waals surface area (Å²) in [6.07, 6.45) is -1.06. The summed E-state index contributed by atoms with van der Waals surface area (Å²) in [5.74, 6) is 0.690. The quantitative estimate of drug-likeness (QED) is 0.377. The average Bonchev–Trinajstić information content (AvgIpc) is 3.24. The monoisotopic (exact) mass is 518 g/mol. The van der Waals surface area contributed by atoms with Gasteiger partial charge in [-0.1, -0.05) is 75.1 Å². The summed E-state index contributed by atoms with van der Waals surface area (Å²) < 4.78 is 35.2. The number of carbonyl (C=O) groups excluding carboxylic acids is 1. The molecule has 0 bridgehead atoms. The van der Waals surface area contributed by atoms with Gasteiger partial charge < -0.3 is 4.74 Å². The molecular weight excluding hydrogens is 492 g/mol. The van der Waals surface area contributed by atoms with E-state index in [0.717, 1.165) is 15.7 Å². The first-order valence-corrected chi connectivity index (χ1v) is 14.0. The Morgan fingerprint density at radius 2 is 1.94 bits per heavy atom. The molecule has 1 unspecified atom stereocenters. The van der Waals surface area contributed by atoms with Crippen molar-refractivity contribution in [3.05, 3.63) is 54.1 Å². The summed E-state index contributed by atoms with van der Waals surface area (Å²) in [6, 6.07) is 13.6. The zero-order valence-electron chi connectivity index (χ0n) is 19.3. The van der Waals surface area contributed by atoms with E-state index >= 15 is 0 Å². The van der Waals surface area contributed by atoms with Gasteiger partial charge in [-0.3, -0.25) is 14.4 Å². The van der Waals surface area contributed by atoms with Gasteiger partial charge in [-0.05, 0) is 41.0 Å². The second-order valence-electron chi connectivity index (χ2n) is 8.68. The molecule has 180 valence electrons. The number of nitrogens with one attached hydrogen (secondary N) is 1. The number of fused-ring (bicyclic) bond motifs is 1. The van der Waals surface area contributed by atoms with Crippen molar-refractivity contribution in [1.82, 2.24) is 10.2 Å². The van der Waals surface area contributed by atoms with Crippen LogP contribution in [0.15, 0.2) is 57.8 Å². The molecule has 1 aliphatic rings. The molecule has 34 heavy (non-hydrogen) atoms. The van der Waals surface area contributed by atoms with Crippen LogP contribution in [-0.4, -0.2) is 42.9 Å². The summed E-state index contributed by atoms with van der Waals surface area (Å²) in [6.45, 7) is 8.00. The van der Waals surface area contributed by atoms with Crippen molar-refractivity contribution < 1.29 is 17.9 Å². The van der Waals surface area contributed by atoms with Gasteiger partial charge in [0, 0.05) is 0 Å². The number of nitrogens with zero attached hydrogens (tertiary/aromatic N) is 3. The normalized spacial score (nSPS) is 16.0. The Bertz CT molecular complexity index is 1290. The van der Waals surface area contributed by atoms with Crippen molar-refractivity contribution in [2.24, 2.45) is 0 Å². The highest BCUT2D eigenvalue weighted by Gasteiger charge is 2.38. The molecule has 3 aromatic rings. The highest BCUT2D eigenvalue weighted by atomic mass is 32.2. The highest BCUT2D eigenvalue weighted by molar-refractivity contribution is 8.01. The molecule has 0 saturated carbocycles. The van der Waals surface area contributed by atoms with Gasteiger partial charge in [0.25, 0.3) is 15.9 Å². The molecule has 2 aromatic carbocycles. The smallest absolute Gasteiger partial charge is 0.269 e. The lowest BCUT2D eigenvalue weighted by Crippen LogP contribution is -2.49. The second kappa shape index (κ2) is 9.55. The number of anilines is 2. The number of thioether (sulfide) groups is 1. The number of aromatic nitrogens is 2. The molecule has 1 aliphatic heterocycles. The van der Waals surface area contributed by atoms with Crippen LogP contribution in [0.3, 0.4) is 0 Å². The summed E-state index contributed by atoms with van der Waals surface area (Å²) in [5, 5.41) is 11.1. The van der Waals surface area contributed by atoms with E-state index in [2.05, 4.69) is 36.3 Å². The first kappa shape index (κ1) is 24.5. The number of carbonyl (C=O) groups is 1. The highest BCUT2D eigenvalue weighted by Crippen LogP contribution is 2.40. The topological polar surface area (TPSA) is 101 Å². The van der Waals surface area contributed by atoms with Gasteiger partial charge in [-0.2, -0.15) is 0 Å². The Hall–Kier alpha value is -2.63. The van der Waals surface area contributed by atoms with Gasteiger partial charge >= 0.3 is 0 Å². The van der Waals surface area contributed by atoms with Gasteiger partial charge in [-0.15, -0.1) is 10.2 Å². The fourth-order valence-electron chi connectivity index (χ4n) is 3.43. The molecule has 0 radical (unpaired) electrons. The van der Waals surface area contributed by atoms with E-state index in [1.54, 1.807) is 36.4 Å². The van der Waals surface area contributed by atoms with Crippen molar-refractivity contribution in [2.75, 3.05) is 21.9 Å². The average molecular weight is 519 g/mol. The number of hydrogen-bond donors (Lipinski definition) is 1. The fraction of sp³-hybridized carbons (Fsp3) is 0.348. The minimum atomic E-state index is -3.94. The van der Waals surface area contributed by atoms with Crippen LogP contribution in [0, 0.1) is 0 Å². The molecule has 0 fully saturated rings. The zero-order chi connectivity index (χ0) is 24.5. The van der Waals surface area contributed by atoms with Gasteiger partial charge in [0.15, 0.2) is 10.4 Å². The van der Waals surface area contributed by atoms with E-state index in [-0.39, 0.29) is 16.9 Å². The molecular formula is C23H26N4O4S3. The first-order chi connectivity index (χ1) is 16.1. The summed E-state index contributed by atoms with van der Waals surface area (Å²) in [5.41, 5.74) is 1.18. The van der Waals surface area contributed by atoms with Crippen molar-refractivity contribution >= 4 is 49.8 Å². The van der Waals surface area contributed by atoms with Crippen LogP contribution in [0.25, 0.3) is 0 Å². The van der Waals surface area contributed by atoms with E-state index in [0.29, 0.717) is 16.6 Å². The largest absolute Gasteiger partial charge is 0.476 e. The van der Waals surface area contributed by atoms with Crippen LogP contribution in [0.4, 0.5) is 10.8 Å². The fourth-order valence-corrected chi connectivity index (χ4v) is 6.57. The molecule has 0 saturated heterocycles. The van der Waals surface area contributed by atoms with Crippen LogP contribution in [0.1, 0.15) is 33.3 Å². The molecule has 1 N–H and O–H groups in total. The Morgan fingerprint density at radius 3 is 2.62 bits per heavy atom. The first-order valence-electron chi connectivity index (χ1n) is 10.8. The third kappa shape index (κ3) is 5.06. The lowest BCUT2D eigenvalue weighted by molar-refractivity contribution is -0.122. The summed E-state index contributed by atoms with van der Waals surface area (Å²) in [4.78, 5) is 13.2. The Kier molecular flexibility index (Phi) is 6.88. The van der Waals surface area contributed by atoms with Crippen molar-refractivity contribution in [2.45, 2.75) is 48.4 Å². The molecule has 1 atom stereocenters. The van der Waals surface area contributed by atoms with Crippen LogP contribution < -0.4 is 14.4 Å². The van der Waals surface area contributed by atoms with Crippen molar-refractivity contribution in [1.29, 1.82) is 0 Å². The van der Waals surface area contributed by atoms with Crippen LogP contribution in [-0.2, 0) is 20.2 Å². The van der Waals surface area contributed by atoms with Gasteiger partial charge in [-0.25, -0.2) is 8.42 Å². The third-order valence-electron chi connectivity index (χ3n) is 5.22. The minimum absolute atomic E-state index is 0.147. The van der Waals surface area contributed by atoms with Crippen LogP contribution in [0.2, 0.25) is 0 Å². The number of rotatable bonds is 6. The Morgan fingerprint density at radius 1 is 1.21 bits per heavy atom. The maximum atomic E-state index is 13.6. The van der Waals surface area contributed by atoms with Crippen LogP contribution >= 0.6 is 23.1 Å². The molecule has 1 amide bonds. The summed E-state index contributed by atoms with van der Waals surface area (Å²) in [7, 11) is -3.94. The lowest BCUT2D eigenvalue weighted by atomic mass is 9.86. The number of ether oxygens (including phenoxy) is 1. The zero-order valence-corrected chi connectivity index (χ0v) is 21.8. The number of benzene rings is 2. The number of amides is 1. The minimum Gasteiger partial charge on any atom is -0.476 e. The standard InChI is InChI=1S/C23H26N4O4S3/c1-5-32-22-26-25-21(33-22)24-20(28)19-14-27(34(29,30)16-9-7-6-8-10-16)17-13-15(23(2,3)4)11-12-18(17)31-19/h6-13,19H,5,14H2,1-4H3,(H,24,25,28). The number of sulfonamides is 1. The Labute approximate surface area is 207 Å². The molecule has 4 rings (SSSR count). The Balaban J connectivity index is 1.69. The van der Waals surface area contributed by atoms with E-state index in [1.165, 1.54) is 27.4 Å². The van der Waals surface area contributed by atoms with Gasteiger partial charge in [0.05, 0.1) is 17.1 Å². The van der Waals surface area contributed by atoms with E-state index < -0.39 is 22.0 Å². The summed E-state index contributed by atoms with van der Waals surface area (Å²) >= 11 is 2.79. The lowest BCUT2D eigenvalue weighted by Gasteiger charge is -2.35. The molecule has 8 nitrogen and oxygen atoms in total. The molecule has 0 aliphatic carbocycles. The SMILES string of the molecule is CCSc1nnc(NC(=O)C2CN(S(=O)(=O)c3ccccc3)c3cc(C(C)(C)C)ccc3O2)s1. The predicted octanol–water partition coefficient (Wildman–Crippen LogP) is 4.54. The van der Waals surface area contributed by atoms with E-state index in [9.17, 15) is 13.2 Å². The maximum Gasteiger partial charge on any atom is 0.269 e. The molecule has 0 spiro atoms. The van der Waals surface area contributed by atoms with Gasteiger partial charge in [0.2, 0.25) is 5.13 Å². The maximum absolute atomic E-state index is 13.6. The van der Waals surface area contributed by atoms with Crippen molar-refractivity contribution in [3.63, 3.8) is 0 Å². The predicted molar refractivity (Wildman–Crippen MR) is 135 cm³/mol. The molecule has 1 aromatic heterocycles. The van der Waals surface area contributed by atoms with Crippen LogP contribution in [0.5, 0.6) is 5.75 Å². The van der Waals surface area contributed by atoms with Gasteiger partial charge in [0.1, 0.15) is 5.75 Å². The second-order valence-corrected chi connectivity index (χ2v) is 13.0. The number of hydrogen-bond acceptors (Lipinski definition) is 8. The van der Waals surface area contributed by atoms with E-state index in [1.807, 2.05) is 19.1 Å². The van der Waals surface area contributed by atoms with Crippen molar-refractivity contribution in [3.8, 4) is 5.75 Å².